The quantitative estimate of drug-likeness (QED) is 0.457. The number of aromatic amines is 1. The minimum absolute atomic E-state index is 0.302. The van der Waals surface area contributed by atoms with Gasteiger partial charge in [0.25, 0.3) is 0 Å². The Kier molecular flexibility index (Phi) is 5.86. The largest absolute Gasteiger partial charge is 0.324 e. The first kappa shape index (κ1) is 21.6. The number of rotatable bonds is 6. The summed E-state index contributed by atoms with van der Waals surface area (Å²) in [6.07, 6.45) is 3.72. The summed E-state index contributed by atoms with van der Waals surface area (Å²) in [6, 6.07) is 13.2. The van der Waals surface area contributed by atoms with Crippen LogP contribution in [0.1, 0.15) is 38.4 Å². The molecule has 0 radical (unpaired) electrons. The number of pyridine rings is 1. The molecule has 1 aliphatic rings. The van der Waals surface area contributed by atoms with Gasteiger partial charge in [0.05, 0.1) is 16.7 Å². The van der Waals surface area contributed by atoms with Crippen LogP contribution in [-0.2, 0) is 0 Å². The lowest BCUT2D eigenvalue weighted by Crippen LogP contribution is -2.45. The topological polar surface area (TPSA) is 77.9 Å². The highest BCUT2D eigenvalue weighted by atomic mass is 15.3. The normalized spacial score (nSPS) is 16.5. The van der Waals surface area contributed by atoms with Crippen molar-refractivity contribution < 1.29 is 0 Å². The van der Waals surface area contributed by atoms with Crippen molar-refractivity contribution in [2.24, 2.45) is 0 Å². The van der Waals surface area contributed by atoms with Crippen molar-refractivity contribution in [1.29, 1.82) is 0 Å². The van der Waals surface area contributed by atoms with Gasteiger partial charge in [-0.3, -0.25) is 9.58 Å². The molecule has 0 bridgehead atoms. The van der Waals surface area contributed by atoms with E-state index in [1.807, 2.05) is 29.2 Å². The molecule has 0 saturated carbocycles. The minimum atomic E-state index is 0.302. The van der Waals surface area contributed by atoms with E-state index in [2.05, 4.69) is 82.3 Å². The monoisotopic (exact) mass is 444 g/mol. The number of hydrogen-bond acceptors (Lipinski definition) is 6. The Balaban J connectivity index is 1.35. The number of imidazole rings is 1. The Hall–Kier alpha value is -3.23. The van der Waals surface area contributed by atoms with Crippen molar-refractivity contribution in [3.8, 4) is 11.3 Å². The average molecular weight is 445 g/mol. The van der Waals surface area contributed by atoms with E-state index in [-0.39, 0.29) is 0 Å². The third-order valence-electron chi connectivity index (χ3n) is 6.54. The van der Waals surface area contributed by atoms with E-state index < -0.39 is 0 Å². The van der Waals surface area contributed by atoms with Crippen LogP contribution in [0.3, 0.4) is 0 Å². The van der Waals surface area contributed by atoms with E-state index in [0.717, 1.165) is 54.3 Å². The van der Waals surface area contributed by atoms with Crippen LogP contribution in [0.5, 0.6) is 0 Å². The van der Waals surface area contributed by atoms with Crippen LogP contribution in [-0.4, -0.2) is 67.8 Å². The lowest BCUT2D eigenvalue weighted by Gasteiger charge is -2.36. The molecule has 1 aromatic carbocycles. The molecular formula is C25H32N8. The number of piperazine rings is 1. The van der Waals surface area contributed by atoms with Crippen molar-refractivity contribution >= 4 is 22.8 Å². The first-order valence-electron chi connectivity index (χ1n) is 11.7. The summed E-state index contributed by atoms with van der Waals surface area (Å²) in [4.78, 5) is 17.6. The zero-order chi connectivity index (χ0) is 22.9. The summed E-state index contributed by atoms with van der Waals surface area (Å²) in [5.41, 5.74) is 5.37. The first-order chi connectivity index (χ1) is 16.0. The summed E-state index contributed by atoms with van der Waals surface area (Å²) >= 11 is 0. The Bertz CT molecular complexity index is 1230. The molecule has 2 N–H and O–H groups in total. The second-order valence-electron chi connectivity index (χ2n) is 9.19. The fourth-order valence-corrected chi connectivity index (χ4v) is 4.50. The van der Waals surface area contributed by atoms with E-state index in [1.165, 1.54) is 5.56 Å². The molecule has 1 unspecified atom stereocenters. The van der Waals surface area contributed by atoms with Gasteiger partial charge in [0.1, 0.15) is 5.82 Å². The molecule has 4 aromatic rings. The number of likely N-dealkylation sites (N-methyl/N-ethyl adjacent to an activating group) is 1. The zero-order valence-corrected chi connectivity index (χ0v) is 19.8. The number of nitrogens with one attached hydrogen (secondary N) is 2. The summed E-state index contributed by atoms with van der Waals surface area (Å²) in [5, 5.41) is 7.82. The van der Waals surface area contributed by atoms with Gasteiger partial charge in [-0.25, -0.2) is 9.97 Å². The van der Waals surface area contributed by atoms with Crippen LogP contribution < -0.4 is 5.32 Å². The molecule has 172 valence electrons. The predicted octanol–water partition coefficient (Wildman–Crippen LogP) is 4.45. The molecule has 0 spiro atoms. The maximum atomic E-state index is 4.72. The smallest absolute Gasteiger partial charge is 0.206 e. The number of fused-ring (bicyclic) bond motifs is 1. The van der Waals surface area contributed by atoms with Gasteiger partial charge < -0.3 is 15.2 Å². The predicted molar refractivity (Wildman–Crippen MR) is 133 cm³/mol. The van der Waals surface area contributed by atoms with Gasteiger partial charge in [0, 0.05) is 56.2 Å². The highest BCUT2D eigenvalue weighted by Crippen LogP contribution is 2.27. The van der Waals surface area contributed by atoms with Crippen molar-refractivity contribution in [1.82, 2.24) is 34.5 Å². The number of hydrogen-bond donors (Lipinski definition) is 2. The lowest BCUT2D eigenvalue weighted by atomic mass is 10.1. The molecular weight excluding hydrogens is 412 g/mol. The highest BCUT2D eigenvalue weighted by Gasteiger charge is 2.20. The minimum Gasteiger partial charge on any atom is -0.324 e. The Labute approximate surface area is 194 Å². The number of anilines is 2. The molecule has 1 fully saturated rings. The van der Waals surface area contributed by atoms with Crippen LogP contribution in [0, 0.1) is 0 Å². The lowest BCUT2D eigenvalue weighted by molar-refractivity contribution is 0.119. The van der Waals surface area contributed by atoms with Crippen LogP contribution in [0.4, 0.5) is 11.8 Å². The average Bonchev–Trinajstić information content (AvgIpc) is 3.45. The van der Waals surface area contributed by atoms with E-state index in [4.69, 9.17) is 4.98 Å². The Morgan fingerprint density at radius 3 is 2.58 bits per heavy atom. The van der Waals surface area contributed by atoms with Gasteiger partial charge in [0.15, 0.2) is 0 Å². The number of benzene rings is 1. The molecule has 0 aliphatic carbocycles. The van der Waals surface area contributed by atoms with Crippen molar-refractivity contribution in [3.05, 3.63) is 54.4 Å². The van der Waals surface area contributed by atoms with Crippen LogP contribution in [0.25, 0.3) is 22.3 Å². The third-order valence-corrected chi connectivity index (χ3v) is 6.54. The van der Waals surface area contributed by atoms with Crippen LogP contribution in [0.2, 0.25) is 0 Å². The molecule has 4 heterocycles. The van der Waals surface area contributed by atoms with Crippen LogP contribution >= 0.6 is 0 Å². The zero-order valence-electron chi connectivity index (χ0n) is 19.8. The number of H-pyrrole nitrogens is 1. The van der Waals surface area contributed by atoms with Crippen LogP contribution in [0.15, 0.2) is 48.8 Å². The summed E-state index contributed by atoms with van der Waals surface area (Å²) < 4.78 is 2.04. The first-order valence-corrected chi connectivity index (χ1v) is 11.7. The number of nitrogens with zero attached hydrogens (tertiary/aromatic N) is 6. The molecule has 1 atom stereocenters. The van der Waals surface area contributed by atoms with E-state index in [1.54, 1.807) is 0 Å². The van der Waals surface area contributed by atoms with E-state index in [9.17, 15) is 0 Å². The van der Waals surface area contributed by atoms with E-state index >= 15 is 0 Å². The second kappa shape index (κ2) is 8.96. The third kappa shape index (κ3) is 4.49. The molecule has 3 aromatic heterocycles. The standard InChI is InChI=1S/C25H32N8/c1-17(2)33-23(8-10-27-33)20-5-6-21-22(15-20)29-25(28-21)30-24-16-19(7-9-26-24)18(3)32-13-11-31(4)12-14-32/h5-10,15-18H,11-14H2,1-4H3,(H2,26,28,29,30). The molecule has 33 heavy (non-hydrogen) atoms. The highest BCUT2D eigenvalue weighted by molar-refractivity contribution is 5.83. The van der Waals surface area contributed by atoms with Gasteiger partial charge in [-0.05, 0) is 63.7 Å². The summed E-state index contributed by atoms with van der Waals surface area (Å²) in [5.74, 6) is 1.49. The van der Waals surface area contributed by atoms with Crippen molar-refractivity contribution in [3.63, 3.8) is 0 Å². The number of aromatic nitrogens is 5. The fraction of sp³-hybridized carbons (Fsp3) is 0.400. The second-order valence-corrected chi connectivity index (χ2v) is 9.19. The van der Waals surface area contributed by atoms with Gasteiger partial charge >= 0.3 is 0 Å². The molecule has 1 saturated heterocycles. The molecule has 0 amide bonds. The van der Waals surface area contributed by atoms with E-state index in [0.29, 0.717) is 18.0 Å². The summed E-state index contributed by atoms with van der Waals surface area (Å²) in [7, 11) is 2.19. The van der Waals surface area contributed by atoms with Crippen molar-refractivity contribution in [2.75, 3.05) is 38.5 Å². The molecule has 8 nitrogen and oxygen atoms in total. The van der Waals surface area contributed by atoms with Crippen molar-refractivity contribution in [2.45, 2.75) is 32.9 Å². The fourth-order valence-electron chi connectivity index (χ4n) is 4.50. The molecule has 8 heteroatoms. The Morgan fingerprint density at radius 2 is 1.79 bits per heavy atom. The van der Waals surface area contributed by atoms with Gasteiger partial charge in [0.2, 0.25) is 5.95 Å². The SMILES string of the molecule is CC(c1ccnc(Nc2nc3ccc(-c4ccnn4C(C)C)cc3[nH]2)c1)N1CCN(C)CC1. The van der Waals surface area contributed by atoms with Gasteiger partial charge in [-0.15, -0.1) is 0 Å². The molecule has 5 rings (SSSR count). The summed E-state index contributed by atoms with van der Waals surface area (Å²) in [6.45, 7) is 10.9. The maximum Gasteiger partial charge on any atom is 0.206 e. The molecule has 1 aliphatic heterocycles. The van der Waals surface area contributed by atoms with Gasteiger partial charge in [-0.1, -0.05) is 6.07 Å². The maximum absolute atomic E-state index is 4.72. The Morgan fingerprint density at radius 1 is 0.970 bits per heavy atom. The van der Waals surface area contributed by atoms with Gasteiger partial charge in [-0.2, -0.15) is 5.10 Å².